The Hall–Kier alpha value is -2.44. The van der Waals surface area contributed by atoms with Crippen LogP contribution in [0.1, 0.15) is 29.6 Å². The molecule has 4 rings (SSSR count). The van der Waals surface area contributed by atoms with Crippen LogP contribution in [0, 0.1) is 12.8 Å². The van der Waals surface area contributed by atoms with Gasteiger partial charge in [-0.25, -0.2) is 4.98 Å². The first kappa shape index (κ1) is 17.0. The molecule has 1 N–H and O–H groups in total. The highest BCUT2D eigenvalue weighted by atomic mass is 32.1. The van der Waals surface area contributed by atoms with Gasteiger partial charge in [-0.15, -0.1) is 11.3 Å². The summed E-state index contributed by atoms with van der Waals surface area (Å²) in [5.41, 5.74) is 1.84. The van der Waals surface area contributed by atoms with Crippen molar-refractivity contribution in [3.63, 3.8) is 0 Å². The van der Waals surface area contributed by atoms with E-state index in [1.165, 1.54) is 4.88 Å². The second-order valence-electron chi connectivity index (χ2n) is 6.48. The molecule has 2 unspecified atom stereocenters. The molecule has 6 heteroatoms. The zero-order valence-corrected chi connectivity index (χ0v) is 15.4. The van der Waals surface area contributed by atoms with Gasteiger partial charge in [0.25, 0.3) is 0 Å². The van der Waals surface area contributed by atoms with Gasteiger partial charge in [-0.1, -0.05) is 6.07 Å². The highest BCUT2D eigenvalue weighted by Crippen LogP contribution is 2.34. The molecule has 26 heavy (non-hydrogen) atoms. The summed E-state index contributed by atoms with van der Waals surface area (Å²) in [6, 6.07) is 11.9. The van der Waals surface area contributed by atoms with Gasteiger partial charge < -0.3 is 14.6 Å². The molecule has 1 saturated heterocycles. The van der Waals surface area contributed by atoms with E-state index in [9.17, 15) is 4.79 Å². The van der Waals surface area contributed by atoms with Crippen molar-refractivity contribution in [2.24, 2.45) is 5.92 Å². The molecule has 1 fully saturated rings. The molecule has 0 spiro atoms. The van der Waals surface area contributed by atoms with E-state index in [0.29, 0.717) is 6.61 Å². The summed E-state index contributed by atoms with van der Waals surface area (Å²) in [5, 5.41) is 5.10. The summed E-state index contributed by atoms with van der Waals surface area (Å²) in [6.07, 6.45) is 5.24. The van der Waals surface area contributed by atoms with Gasteiger partial charge in [0.1, 0.15) is 5.82 Å². The number of amides is 1. The number of hydrogen-bond donors (Lipinski definition) is 1. The summed E-state index contributed by atoms with van der Waals surface area (Å²) < 4.78 is 7.85. The molecule has 0 bridgehead atoms. The van der Waals surface area contributed by atoms with E-state index in [1.54, 1.807) is 17.5 Å². The lowest BCUT2D eigenvalue weighted by Crippen LogP contribution is -2.30. The quantitative estimate of drug-likeness (QED) is 0.746. The zero-order valence-electron chi connectivity index (χ0n) is 14.6. The molecule has 1 aromatic carbocycles. The van der Waals surface area contributed by atoms with Crippen LogP contribution in [-0.2, 0) is 9.53 Å². The number of thiophene rings is 1. The van der Waals surface area contributed by atoms with Gasteiger partial charge in [0.2, 0.25) is 5.91 Å². The molecule has 3 aromatic rings. The highest BCUT2D eigenvalue weighted by Gasteiger charge is 2.29. The number of aryl methyl sites for hydroxylation is 1. The molecule has 5 nitrogen and oxygen atoms in total. The standard InChI is InChI=1S/C20H21N3O2S/c1-14-21-9-10-23(14)17-6-4-16(5-7-17)22-20(24)15-8-11-25-18(13-15)19-3-2-12-26-19/h2-7,9-10,12,15,18H,8,11,13H2,1H3,(H,22,24). The fourth-order valence-electron chi connectivity index (χ4n) is 3.31. The maximum absolute atomic E-state index is 12.7. The number of anilines is 1. The van der Waals surface area contributed by atoms with Crippen molar-refractivity contribution in [1.29, 1.82) is 0 Å². The maximum atomic E-state index is 12.7. The van der Waals surface area contributed by atoms with Crippen LogP contribution in [-0.4, -0.2) is 22.1 Å². The van der Waals surface area contributed by atoms with E-state index in [4.69, 9.17) is 4.74 Å². The Morgan fingerprint density at radius 3 is 2.85 bits per heavy atom. The Morgan fingerprint density at radius 1 is 1.31 bits per heavy atom. The number of carbonyl (C=O) groups is 1. The monoisotopic (exact) mass is 367 g/mol. The van der Waals surface area contributed by atoms with Crippen molar-refractivity contribution in [2.75, 3.05) is 11.9 Å². The van der Waals surface area contributed by atoms with E-state index < -0.39 is 0 Å². The third kappa shape index (κ3) is 3.57. The fourth-order valence-corrected chi connectivity index (χ4v) is 4.10. The fraction of sp³-hybridized carbons (Fsp3) is 0.300. The smallest absolute Gasteiger partial charge is 0.227 e. The van der Waals surface area contributed by atoms with E-state index in [0.717, 1.165) is 30.0 Å². The SMILES string of the molecule is Cc1nccn1-c1ccc(NC(=O)C2CCOC(c3cccs3)C2)cc1. The zero-order chi connectivity index (χ0) is 17.9. The number of nitrogens with one attached hydrogen (secondary N) is 1. The van der Waals surface area contributed by atoms with E-state index in [2.05, 4.69) is 16.4 Å². The van der Waals surface area contributed by atoms with Crippen molar-refractivity contribution in [1.82, 2.24) is 9.55 Å². The van der Waals surface area contributed by atoms with Crippen LogP contribution in [0.5, 0.6) is 0 Å². The summed E-state index contributed by atoms with van der Waals surface area (Å²) in [7, 11) is 0. The first-order chi connectivity index (χ1) is 12.7. The van der Waals surface area contributed by atoms with Crippen LogP contribution in [0.15, 0.2) is 54.2 Å². The Labute approximate surface area is 156 Å². The molecule has 2 atom stereocenters. The molecular weight excluding hydrogens is 346 g/mol. The number of hydrogen-bond acceptors (Lipinski definition) is 4. The van der Waals surface area contributed by atoms with Gasteiger partial charge in [0.05, 0.1) is 6.10 Å². The average Bonchev–Trinajstić information content (AvgIpc) is 3.34. The van der Waals surface area contributed by atoms with Gasteiger partial charge in [-0.2, -0.15) is 0 Å². The van der Waals surface area contributed by atoms with Gasteiger partial charge in [-0.3, -0.25) is 4.79 Å². The van der Waals surface area contributed by atoms with Crippen molar-refractivity contribution >= 4 is 22.9 Å². The second-order valence-corrected chi connectivity index (χ2v) is 7.46. The lowest BCUT2D eigenvalue weighted by Gasteiger charge is -2.28. The predicted octanol–water partition coefficient (Wildman–Crippen LogP) is 4.35. The van der Waals surface area contributed by atoms with Crippen LogP contribution in [0.2, 0.25) is 0 Å². The maximum Gasteiger partial charge on any atom is 0.227 e. The van der Waals surface area contributed by atoms with Gasteiger partial charge in [-0.05, 0) is 55.5 Å². The van der Waals surface area contributed by atoms with Gasteiger partial charge >= 0.3 is 0 Å². The second kappa shape index (κ2) is 7.43. The van der Waals surface area contributed by atoms with Gasteiger partial charge in [0, 0.05) is 41.2 Å². The van der Waals surface area contributed by atoms with Crippen molar-refractivity contribution in [3.05, 3.63) is 64.9 Å². The molecule has 1 amide bonds. The van der Waals surface area contributed by atoms with Crippen LogP contribution in [0.4, 0.5) is 5.69 Å². The third-order valence-electron chi connectivity index (χ3n) is 4.75. The van der Waals surface area contributed by atoms with Crippen LogP contribution in [0.3, 0.4) is 0 Å². The number of imidazole rings is 1. The Balaban J connectivity index is 1.40. The first-order valence-electron chi connectivity index (χ1n) is 8.77. The number of nitrogens with zero attached hydrogens (tertiary/aromatic N) is 2. The number of aromatic nitrogens is 2. The molecule has 0 saturated carbocycles. The molecule has 0 radical (unpaired) electrons. The number of ether oxygens (including phenoxy) is 1. The van der Waals surface area contributed by atoms with E-state index in [1.807, 2.05) is 53.4 Å². The molecule has 1 aliphatic heterocycles. The molecule has 0 aliphatic carbocycles. The van der Waals surface area contributed by atoms with Crippen LogP contribution < -0.4 is 5.32 Å². The minimum atomic E-state index is -0.0218. The Kier molecular flexibility index (Phi) is 4.86. The summed E-state index contributed by atoms with van der Waals surface area (Å²) in [5.74, 6) is 0.983. The average molecular weight is 367 g/mol. The molecule has 134 valence electrons. The van der Waals surface area contributed by atoms with Gasteiger partial charge in [0.15, 0.2) is 0 Å². The topological polar surface area (TPSA) is 56.2 Å². The molecule has 2 aromatic heterocycles. The number of benzene rings is 1. The summed E-state index contributed by atoms with van der Waals surface area (Å²) >= 11 is 1.68. The minimum absolute atomic E-state index is 0.0218. The summed E-state index contributed by atoms with van der Waals surface area (Å²) in [6.45, 7) is 2.59. The predicted molar refractivity (Wildman–Crippen MR) is 103 cm³/mol. The summed E-state index contributed by atoms with van der Waals surface area (Å²) in [4.78, 5) is 18.1. The number of carbonyl (C=O) groups excluding carboxylic acids is 1. The lowest BCUT2D eigenvalue weighted by atomic mass is 9.94. The molecular formula is C20H21N3O2S. The normalized spacial score (nSPS) is 20.0. The van der Waals surface area contributed by atoms with Crippen molar-refractivity contribution in [2.45, 2.75) is 25.9 Å². The lowest BCUT2D eigenvalue weighted by molar-refractivity contribution is -0.124. The van der Waals surface area contributed by atoms with Crippen molar-refractivity contribution in [3.8, 4) is 5.69 Å². The van der Waals surface area contributed by atoms with E-state index >= 15 is 0 Å². The molecule has 1 aliphatic rings. The number of rotatable bonds is 4. The largest absolute Gasteiger partial charge is 0.373 e. The highest BCUT2D eigenvalue weighted by molar-refractivity contribution is 7.10. The third-order valence-corrected chi connectivity index (χ3v) is 5.72. The first-order valence-corrected chi connectivity index (χ1v) is 9.65. The Bertz CT molecular complexity index is 871. The van der Waals surface area contributed by atoms with Crippen LogP contribution >= 0.6 is 11.3 Å². The minimum Gasteiger partial charge on any atom is -0.373 e. The van der Waals surface area contributed by atoms with Crippen molar-refractivity contribution < 1.29 is 9.53 Å². The molecule has 3 heterocycles. The van der Waals surface area contributed by atoms with E-state index in [-0.39, 0.29) is 17.9 Å². The Morgan fingerprint density at radius 2 is 2.15 bits per heavy atom. The van der Waals surface area contributed by atoms with Crippen LogP contribution in [0.25, 0.3) is 5.69 Å².